The molecule has 0 saturated heterocycles. The van der Waals surface area contributed by atoms with E-state index in [1.807, 2.05) is 0 Å². The number of hydrogen-bond acceptors (Lipinski definition) is 7. The molecule has 0 aliphatic heterocycles. The van der Waals surface area contributed by atoms with E-state index in [1.54, 1.807) is 0 Å². The number of ether oxygens (including phenoxy) is 1. The third-order valence-corrected chi connectivity index (χ3v) is 2.87. The number of H-pyrrole nitrogens is 1. The van der Waals surface area contributed by atoms with Gasteiger partial charge in [0.2, 0.25) is 0 Å². The van der Waals surface area contributed by atoms with E-state index in [4.69, 9.17) is 0 Å². The topological polar surface area (TPSA) is 119 Å². The molecule has 0 saturated carbocycles. The quantitative estimate of drug-likeness (QED) is 0.547. The van der Waals surface area contributed by atoms with Gasteiger partial charge in [0.1, 0.15) is 17.6 Å². The number of halogens is 2. The molecular formula is C12H8F2N6O3. The molecule has 0 atom stereocenters. The standard InChI is InChI=1S/C12H8F2N6O3/c13-12(14)23-8-2-1-6(20(21)22)3-7(8)19-11-9-10(16-4-15-9)17-5-18-11/h1-5,12H,(H2,15,16,17,18,19). The maximum Gasteiger partial charge on any atom is 0.387 e. The summed E-state index contributed by atoms with van der Waals surface area (Å²) in [6.07, 6.45) is 2.60. The molecule has 0 amide bonds. The molecular weight excluding hydrogens is 314 g/mol. The van der Waals surface area contributed by atoms with Crippen molar-refractivity contribution in [3.8, 4) is 5.75 Å². The molecule has 2 aromatic heterocycles. The lowest BCUT2D eigenvalue weighted by molar-refractivity contribution is -0.384. The van der Waals surface area contributed by atoms with Crippen molar-refractivity contribution in [3.63, 3.8) is 0 Å². The third-order valence-electron chi connectivity index (χ3n) is 2.87. The van der Waals surface area contributed by atoms with Gasteiger partial charge in [0.25, 0.3) is 5.69 Å². The van der Waals surface area contributed by atoms with Gasteiger partial charge in [-0.3, -0.25) is 10.1 Å². The van der Waals surface area contributed by atoms with E-state index in [9.17, 15) is 18.9 Å². The second kappa shape index (κ2) is 5.79. The van der Waals surface area contributed by atoms with Crippen molar-refractivity contribution in [1.82, 2.24) is 19.9 Å². The van der Waals surface area contributed by atoms with E-state index in [0.717, 1.165) is 18.2 Å². The molecule has 0 fully saturated rings. The summed E-state index contributed by atoms with van der Waals surface area (Å²) in [4.78, 5) is 24.8. The molecule has 0 unspecified atom stereocenters. The summed E-state index contributed by atoms with van der Waals surface area (Å²) >= 11 is 0. The fraction of sp³-hybridized carbons (Fsp3) is 0.0833. The van der Waals surface area contributed by atoms with Gasteiger partial charge in [-0.05, 0) is 6.07 Å². The van der Waals surface area contributed by atoms with Crippen LogP contribution >= 0.6 is 0 Å². The molecule has 23 heavy (non-hydrogen) atoms. The Labute approximate surface area is 126 Å². The van der Waals surface area contributed by atoms with E-state index in [0.29, 0.717) is 11.2 Å². The lowest BCUT2D eigenvalue weighted by Crippen LogP contribution is -2.06. The predicted octanol–water partition coefficient (Wildman–Crippen LogP) is 2.61. The number of anilines is 2. The molecule has 0 aliphatic carbocycles. The van der Waals surface area contributed by atoms with Crippen molar-refractivity contribution in [2.45, 2.75) is 6.61 Å². The van der Waals surface area contributed by atoms with Gasteiger partial charge in [-0.15, -0.1) is 0 Å². The highest BCUT2D eigenvalue weighted by Gasteiger charge is 2.16. The van der Waals surface area contributed by atoms with E-state index in [2.05, 4.69) is 30.0 Å². The lowest BCUT2D eigenvalue weighted by atomic mass is 10.2. The first-order valence-electron chi connectivity index (χ1n) is 6.19. The highest BCUT2D eigenvalue weighted by molar-refractivity contribution is 5.85. The Kier molecular flexibility index (Phi) is 3.66. The summed E-state index contributed by atoms with van der Waals surface area (Å²) in [6, 6.07) is 3.22. The van der Waals surface area contributed by atoms with Gasteiger partial charge >= 0.3 is 6.61 Å². The molecule has 2 heterocycles. The lowest BCUT2D eigenvalue weighted by Gasteiger charge is -2.12. The van der Waals surface area contributed by atoms with Crippen molar-refractivity contribution in [2.75, 3.05) is 5.32 Å². The first-order valence-corrected chi connectivity index (χ1v) is 6.19. The summed E-state index contributed by atoms with van der Waals surface area (Å²) in [7, 11) is 0. The second-order valence-corrected chi connectivity index (χ2v) is 4.26. The molecule has 11 heteroatoms. The molecule has 1 aromatic carbocycles. The monoisotopic (exact) mass is 322 g/mol. The predicted molar refractivity (Wildman–Crippen MR) is 74.7 cm³/mol. The fourth-order valence-electron chi connectivity index (χ4n) is 1.92. The van der Waals surface area contributed by atoms with Crippen LogP contribution in [0.25, 0.3) is 11.2 Å². The van der Waals surface area contributed by atoms with Gasteiger partial charge in [0.15, 0.2) is 11.5 Å². The fourth-order valence-corrected chi connectivity index (χ4v) is 1.92. The molecule has 0 spiro atoms. The maximum atomic E-state index is 12.5. The van der Waals surface area contributed by atoms with Crippen molar-refractivity contribution in [2.24, 2.45) is 0 Å². The van der Waals surface area contributed by atoms with Crippen LogP contribution in [0.1, 0.15) is 0 Å². The number of non-ortho nitro benzene ring substituents is 1. The molecule has 2 N–H and O–H groups in total. The third kappa shape index (κ3) is 2.97. The van der Waals surface area contributed by atoms with Crippen LogP contribution in [0.15, 0.2) is 30.9 Å². The van der Waals surface area contributed by atoms with Gasteiger partial charge in [-0.1, -0.05) is 0 Å². The first-order chi connectivity index (χ1) is 11.0. The zero-order valence-electron chi connectivity index (χ0n) is 11.2. The van der Waals surface area contributed by atoms with Crippen LogP contribution in [0.5, 0.6) is 5.75 Å². The minimum absolute atomic E-state index is 0.0332. The number of imidazole rings is 1. The van der Waals surface area contributed by atoms with Gasteiger partial charge in [-0.2, -0.15) is 8.78 Å². The summed E-state index contributed by atoms with van der Waals surface area (Å²) in [5.41, 5.74) is 0.449. The Morgan fingerprint density at radius 1 is 1.30 bits per heavy atom. The maximum absolute atomic E-state index is 12.5. The highest BCUT2D eigenvalue weighted by Crippen LogP contribution is 2.33. The SMILES string of the molecule is O=[N+]([O-])c1ccc(OC(F)F)c(Nc2ncnc3nc[nH]c23)c1. The summed E-state index contributed by atoms with van der Waals surface area (Å²) in [6.45, 7) is -3.07. The van der Waals surface area contributed by atoms with Gasteiger partial charge in [0, 0.05) is 12.1 Å². The van der Waals surface area contributed by atoms with E-state index in [-0.39, 0.29) is 22.9 Å². The second-order valence-electron chi connectivity index (χ2n) is 4.26. The van der Waals surface area contributed by atoms with Crippen molar-refractivity contribution < 1.29 is 18.4 Å². The van der Waals surface area contributed by atoms with Crippen LogP contribution in [-0.2, 0) is 0 Å². The Bertz CT molecular complexity index is 869. The molecule has 9 nitrogen and oxygen atoms in total. The summed E-state index contributed by atoms with van der Waals surface area (Å²) < 4.78 is 29.3. The molecule has 0 aliphatic rings. The average Bonchev–Trinajstić information content (AvgIpc) is 2.98. The first kappa shape index (κ1) is 14.6. The Balaban J connectivity index is 2.04. The van der Waals surface area contributed by atoms with Gasteiger partial charge in [-0.25, -0.2) is 15.0 Å². The van der Waals surface area contributed by atoms with E-state index >= 15 is 0 Å². The number of alkyl halides is 2. The van der Waals surface area contributed by atoms with Crippen LogP contribution < -0.4 is 10.1 Å². The van der Waals surface area contributed by atoms with Crippen LogP contribution in [0, 0.1) is 10.1 Å². The zero-order valence-corrected chi connectivity index (χ0v) is 11.2. The van der Waals surface area contributed by atoms with E-state index < -0.39 is 11.5 Å². The number of hydrogen-bond donors (Lipinski definition) is 2. The number of nitro groups is 1. The van der Waals surface area contributed by atoms with Crippen LogP contribution in [0.2, 0.25) is 0 Å². The summed E-state index contributed by atoms with van der Waals surface area (Å²) in [5.74, 6) is -0.0380. The average molecular weight is 322 g/mol. The molecule has 0 radical (unpaired) electrons. The molecule has 3 rings (SSSR count). The summed E-state index contributed by atoms with van der Waals surface area (Å²) in [5, 5.41) is 13.6. The van der Waals surface area contributed by atoms with E-state index in [1.165, 1.54) is 12.7 Å². The number of nitrogens with zero attached hydrogens (tertiary/aromatic N) is 4. The number of nitro benzene ring substituents is 1. The Morgan fingerprint density at radius 2 is 2.13 bits per heavy atom. The van der Waals surface area contributed by atoms with Crippen LogP contribution in [-0.4, -0.2) is 31.5 Å². The van der Waals surface area contributed by atoms with Crippen molar-refractivity contribution in [3.05, 3.63) is 41.0 Å². The Hall–Kier alpha value is -3.37. The minimum Gasteiger partial charge on any atom is -0.433 e. The van der Waals surface area contributed by atoms with Gasteiger partial charge in [0.05, 0.1) is 16.9 Å². The number of aromatic amines is 1. The molecule has 3 aromatic rings. The smallest absolute Gasteiger partial charge is 0.387 e. The number of rotatable bonds is 5. The van der Waals surface area contributed by atoms with Crippen molar-refractivity contribution in [1.29, 1.82) is 0 Å². The zero-order chi connectivity index (χ0) is 16.4. The van der Waals surface area contributed by atoms with Crippen LogP contribution in [0.3, 0.4) is 0 Å². The van der Waals surface area contributed by atoms with Crippen LogP contribution in [0.4, 0.5) is 26.0 Å². The largest absolute Gasteiger partial charge is 0.433 e. The molecule has 0 bridgehead atoms. The minimum atomic E-state index is -3.07. The Morgan fingerprint density at radius 3 is 2.87 bits per heavy atom. The van der Waals surface area contributed by atoms with Crippen molar-refractivity contribution >= 4 is 28.4 Å². The number of benzene rings is 1. The number of fused-ring (bicyclic) bond motifs is 1. The number of nitrogens with one attached hydrogen (secondary N) is 2. The van der Waals surface area contributed by atoms with Gasteiger partial charge < -0.3 is 15.0 Å². The normalized spacial score (nSPS) is 10.9. The molecule has 118 valence electrons. The highest BCUT2D eigenvalue weighted by atomic mass is 19.3. The number of aromatic nitrogens is 4.